The van der Waals surface area contributed by atoms with Crippen LogP contribution in [0.4, 0.5) is 4.39 Å². The normalized spacial score (nSPS) is 14.9. The van der Waals surface area contributed by atoms with Gasteiger partial charge < -0.3 is 9.64 Å². The van der Waals surface area contributed by atoms with Gasteiger partial charge in [0.1, 0.15) is 11.6 Å². The minimum Gasteiger partial charge on any atom is -0.494 e. The SMILES string of the molecule is O=c1c2ccccc2c(Cc2ccc(F)cc2)nn1C1CCN(CCCOc2ccccc2)CC1. The molecule has 1 saturated heterocycles. The molecule has 0 atom stereocenters. The number of rotatable bonds is 8. The molecule has 5 nitrogen and oxygen atoms in total. The highest BCUT2D eigenvalue weighted by atomic mass is 19.1. The molecule has 4 aromatic rings. The highest BCUT2D eigenvalue weighted by Crippen LogP contribution is 2.24. The Balaban J connectivity index is 1.25. The highest BCUT2D eigenvalue weighted by molar-refractivity contribution is 5.83. The number of halogens is 1. The Hall–Kier alpha value is -3.51. The number of hydrogen-bond acceptors (Lipinski definition) is 4. The smallest absolute Gasteiger partial charge is 0.274 e. The molecular formula is C29H30FN3O2. The maximum Gasteiger partial charge on any atom is 0.274 e. The molecule has 0 spiro atoms. The molecule has 1 aliphatic rings. The molecule has 35 heavy (non-hydrogen) atoms. The van der Waals surface area contributed by atoms with Crippen molar-refractivity contribution >= 4 is 10.8 Å². The average molecular weight is 472 g/mol. The van der Waals surface area contributed by atoms with Crippen LogP contribution in [0.15, 0.2) is 83.7 Å². The predicted molar refractivity (Wildman–Crippen MR) is 136 cm³/mol. The van der Waals surface area contributed by atoms with Crippen molar-refractivity contribution in [1.82, 2.24) is 14.7 Å². The van der Waals surface area contributed by atoms with E-state index in [9.17, 15) is 9.18 Å². The molecule has 2 heterocycles. The zero-order chi connectivity index (χ0) is 24.0. The third kappa shape index (κ3) is 5.60. The first kappa shape index (κ1) is 23.2. The number of para-hydroxylation sites is 1. The molecule has 1 aromatic heterocycles. The molecular weight excluding hydrogens is 441 g/mol. The molecule has 6 heteroatoms. The Labute approximate surface area is 204 Å². The van der Waals surface area contributed by atoms with Gasteiger partial charge in [-0.2, -0.15) is 5.10 Å². The number of piperidine rings is 1. The van der Waals surface area contributed by atoms with Crippen molar-refractivity contribution in [2.45, 2.75) is 31.7 Å². The molecule has 0 N–H and O–H groups in total. The van der Waals surface area contributed by atoms with E-state index in [1.165, 1.54) is 12.1 Å². The Morgan fingerprint density at radius 2 is 1.57 bits per heavy atom. The summed E-state index contributed by atoms with van der Waals surface area (Å²) in [6, 6.07) is 24.1. The minimum absolute atomic E-state index is 0.0295. The molecule has 3 aromatic carbocycles. The summed E-state index contributed by atoms with van der Waals surface area (Å²) in [5, 5.41) is 6.41. The van der Waals surface area contributed by atoms with Gasteiger partial charge in [0.25, 0.3) is 5.56 Å². The molecule has 180 valence electrons. The summed E-state index contributed by atoms with van der Waals surface area (Å²) in [6.07, 6.45) is 3.30. The van der Waals surface area contributed by atoms with E-state index in [4.69, 9.17) is 9.84 Å². The summed E-state index contributed by atoms with van der Waals surface area (Å²) in [5.41, 5.74) is 1.80. The highest BCUT2D eigenvalue weighted by Gasteiger charge is 2.23. The number of likely N-dealkylation sites (tertiary alicyclic amines) is 1. The zero-order valence-electron chi connectivity index (χ0n) is 19.8. The van der Waals surface area contributed by atoms with Gasteiger partial charge in [0.05, 0.1) is 23.7 Å². The van der Waals surface area contributed by atoms with Gasteiger partial charge in [-0.1, -0.05) is 48.5 Å². The summed E-state index contributed by atoms with van der Waals surface area (Å²) in [7, 11) is 0. The summed E-state index contributed by atoms with van der Waals surface area (Å²) in [4.78, 5) is 15.8. The van der Waals surface area contributed by atoms with E-state index in [-0.39, 0.29) is 17.4 Å². The second kappa shape index (κ2) is 10.8. The quantitative estimate of drug-likeness (QED) is 0.330. The van der Waals surface area contributed by atoms with E-state index in [0.717, 1.165) is 61.3 Å². The number of hydrogen-bond donors (Lipinski definition) is 0. The van der Waals surface area contributed by atoms with E-state index < -0.39 is 0 Å². The minimum atomic E-state index is -0.255. The molecule has 0 radical (unpaired) electrons. The Kier molecular flexibility index (Phi) is 7.19. The van der Waals surface area contributed by atoms with Crippen LogP contribution in [0.2, 0.25) is 0 Å². The van der Waals surface area contributed by atoms with Gasteiger partial charge in [-0.15, -0.1) is 0 Å². The molecule has 0 aliphatic carbocycles. The van der Waals surface area contributed by atoms with E-state index in [1.54, 1.807) is 16.8 Å². The molecule has 0 amide bonds. The standard InChI is InChI=1S/C29H30FN3O2/c30-23-13-11-22(12-14-23)21-28-26-9-4-5-10-27(26)29(34)33(31-28)24-15-18-32(19-16-24)17-6-20-35-25-7-2-1-3-8-25/h1-5,7-14,24H,6,15-21H2. The van der Waals surface area contributed by atoms with E-state index in [1.807, 2.05) is 54.6 Å². The molecule has 0 unspecified atom stereocenters. The van der Waals surface area contributed by atoms with E-state index in [0.29, 0.717) is 18.4 Å². The fourth-order valence-corrected chi connectivity index (χ4v) is 4.83. The molecule has 0 saturated carbocycles. The molecule has 1 fully saturated rings. The lowest BCUT2D eigenvalue weighted by Crippen LogP contribution is -2.39. The van der Waals surface area contributed by atoms with Crippen molar-refractivity contribution in [2.24, 2.45) is 0 Å². The number of benzene rings is 3. The summed E-state index contributed by atoms with van der Waals surface area (Å²) in [5.74, 6) is 0.652. The van der Waals surface area contributed by atoms with Crippen molar-refractivity contribution in [2.75, 3.05) is 26.2 Å². The third-order valence-corrected chi connectivity index (χ3v) is 6.72. The van der Waals surface area contributed by atoms with Crippen LogP contribution in [0.25, 0.3) is 10.8 Å². The first-order valence-corrected chi connectivity index (χ1v) is 12.3. The largest absolute Gasteiger partial charge is 0.494 e. The maximum atomic E-state index is 13.4. The lowest BCUT2D eigenvalue weighted by Gasteiger charge is -2.32. The van der Waals surface area contributed by atoms with Gasteiger partial charge in [-0.25, -0.2) is 9.07 Å². The fraction of sp³-hybridized carbons (Fsp3) is 0.310. The number of aromatic nitrogens is 2. The van der Waals surface area contributed by atoms with Crippen molar-refractivity contribution in [3.63, 3.8) is 0 Å². The van der Waals surface area contributed by atoms with Crippen molar-refractivity contribution in [1.29, 1.82) is 0 Å². The van der Waals surface area contributed by atoms with Crippen LogP contribution in [0.5, 0.6) is 5.75 Å². The second-order valence-corrected chi connectivity index (χ2v) is 9.13. The second-order valence-electron chi connectivity index (χ2n) is 9.13. The van der Waals surface area contributed by atoms with E-state index >= 15 is 0 Å². The van der Waals surface area contributed by atoms with Crippen molar-refractivity contribution in [3.05, 3.63) is 106 Å². The van der Waals surface area contributed by atoms with Crippen LogP contribution < -0.4 is 10.3 Å². The van der Waals surface area contributed by atoms with Gasteiger partial charge in [0.2, 0.25) is 0 Å². The molecule has 5 rings (SSSR count). The van der Waals surface area contributed by atoms with Gasteiger partial charge in [0.15, 0.2) is 0 Å². The van der Waals surface area contributed by atoms with E-state index in [2.05, 4.69) is 4.90 Å². The van der Waals surface area contributed by atoms with Gasteiger partial charge in [-0.3, -0.25) is 4.79 Å². The maximum absolute atomic E-state index is 13.4. The fourth-order valence-electron chi connectivity index (χ4n) is 4.83. The average Bonchev–Trinajstić information content (AvgIpc) is 2.91. The number of ether oxygens (including phenoxy) is 1. The lowest BCUT2D eigenvalue weighted by atomic mass is 10.0. The zero-order valence-corrected chi connectivity index (χ0v) is 19.8. The first-order valence-electron chi connectivity index (χ1n) is 12.3. The van der Waals surface area contributed by atoms with Crippen LogP contribution >= 0.6 is 0 Å². The third-order valence-electron chi connectivity index (χ3n) is 6.72. The van der Waals surface area contributed by atoms with Crippen LogP contribution in [-0.2, 0) is 6.42 Å². The molecule has 0 bridgehead atoms. The van der Waals surface area contributed by atoms with Crippen molar-refractivity contribution < 1.29 is 9.13 Å². The Morgan fingerprint density at radius 3 is 2.31 bits per heavy atom. The van der Waals surface area contributed by atoms with Crippen molar-refractivity contribution in [3.8, 4) is 5.75 Å². The van der Waals surface area contributed by atoms with Crippen LogP contribution in [0, 0.1) is 5.82 Å². The summed E-state index contributed by atoms with van der Waals surface area (Å²) >= 11 is 0. The first-order chi connectivity index (χ1) is 17.2. The predicted octanol–water partition coefficient (Wildman–Crippen LogP) is 5.23. The van der Waals surface area contributed by atoms with Gasteiger partial charge >= 0.3 is 0 Å². The van der Waals surface area contributed by atoms with Gasteiger partial charge in [-0.05, 0) is 55.2 Å². The van der Waals surface area contributed by atoms with Crippen LogP contribution in [0.3, 0.4) is 0 Å². The number of nitrogens with zero attached hydrogens (tertiary/aromatic N) is 3. The summed E-state index contributed by atoms with van der Waals surface area (Å²) < 4.78 is 20.9. The van der Waals surface area contributed by atoms with Crippen LogP contribution in [0.1, 0.15) is 36.6 Å². The topological polar surface area (TPSA) is 47.4 Å². The molecule has 1 aliphatic heterocycles. The van der Waals surface area contributed by atoms with Crippen LogP contribution in [-0.4, -0.2) is 40.9 Å². The Morgan fingerprint density at radius 1 is 0.886 bits per heavy atom. The van der Waals surface area contributed by atoms with Gasteiger partial charge in [0, 0.05) is 31.4 Å². The summed E-state index contributed by atoms with van der Waals surface area (Å²) in [6.45, 7) is 3.55. The Bertz CT molecular complexity index is 1310. The lowest BCUT2D eigenvalue weighted by molar-refractivity contribution is 0.165. The monoisotopic (exact) mass is 471 g/mol. The number of fused-ring (bicyclic) bond motifs is 1.